The van der Waals surface area contributed by atoms with Crippen molar-refractivity contribution in [3.63, 3.8) is 0 Å². The van der Waals surface area contributed by atoms with E-state index in [1.807, 2.05) is 24.3 Å². The summed E-state index contributed by atoms with van der Waals surface area (Å²) in [5, 5.41) is 7.43. The van der Waals surface area contributed by atoms with Gasteiger partial charge in [0.1, 0.15) is 0 Å². The zero-order chi connectivity index (χ0) is 32.7. The molecule has 1 aromatic heterocycles. The van der Waals surface area contributed by atoms with Crippen LogP contribution in [0.4, 0.5) is 0 Å². The number of fused-ring (bicyclic) bond motifs is 4. The van der Waals surface area contributed by atoms with Gasteiger partial charge in [-0.05, 0) is 108 Å². The fourth-order valence-corrected chi connectivity index (χ4v) is 6.96. The molecule has 3 nitrogen and oxygen atoms in total. The van der Waals surface area contributed by atoms with Crippen molar-refractivity contribution in [2.75, 3.05) is 0 Å². The van der Waals surface area contributed by atoms with E-state index in [4.69, 9.17) is 16.6 Å². The highest BCUT2D eigenvalue weighted by Crippen LogP contribution is 2.37. The van der Waals surface area contributed by atoms with Crippen molar-refractivity contribution >= 4 is 43.9 Å². The van der Waals surface area contributed by atoms with Crippen LogP contribution in [0.25, 0.3) is 88.5 Å². The lowest BCUT2D eigenvalue weighted by molar-refractivity contribution is 1.07. The molecule has 9 aromatic rings. The van der Waals surface area contributed by atoms with Crippen molar-refractivity contribution in [3.05, 3.63) is 175 Å². The Morgan fingerprint density at radius 3 is 1.53 bits per heavy atom. The average molecular weight is 646 g/mol. The Hall–Kier alpha value is -6.16. The van der Waals surface area contributed by atoms with E-state index in [-0.39, 0.29) is 5.28 Å². The van der Waals surface area contributed by atoms with E-state index in [0.29, 0.717) is 11.6 Å². The molecular weight excluding hydrogens is 618 g/mol. The van der Waals surface area contributed by atoms with Gasteiger partial charge in [0.2, 0.25) is 5.28 Å². The molecule has 0 atom stereocenters. The molecule has 49 heavy (non-hydrogen) atoms. The van der Waals surface area contributed by atoms with Crippen LogP contribution in [0.5, 0.6) is 0 Å². The number of hydrogen-bond donors (Lipinski definition) is 0. The zero-order valence-electron chi connectivity index (χ0n) is 26.4. The second kappa shape index (κ2) is 12.1. The van der Waals surface area contributed by atoms with Crippen LogP contribution in [0.1, 0.15) is 0 Å². The third-order valence-electron chi connectivity index (χ3n) is 9.21. The molecular formula is C45H28ClN3. The minimum absolute atomic E-state index is 0.159. The quantitative estimate of drug-likeness (QED) is 0.175. The van der Waals surface area contributed by atoms with Gasteiger partial charge >= 0.3 is 0 Å². The lowest BCUT2D eigenvalue weighted by Gasteiger charge is -2.12. The highest BCUT2D eigenvalue weighted by Gasteiger charge is 2.14. The van der Waals surface area contributed by atoms with Gasteiger partial charge in [0, 0.05) is 11.1 Å². The largest absolute Gasteiger partial charge is 0.226 e. The van der Waals surface area contributed by atoms with E-state index in [0.717, 1.165) is 33.4 Å². The van der Waals surface area contributed by atoms with Crippen LogP contribution >= 0.6 is 11.6 Å². The van der Waals surface area contributed by atoms with E-state index in [2.05, 4.69) is 156 Å². The lowest BCUT2D eigenvalue weighted by Crippen LogP contribution is -1.97. The van der Waals surface area contributed by atoms with Crippen molar-refractivity contribution in [2.45, 2.75) is 0 Å². The van der Waals surface area contributed by atoms with Gasteiger partial charge in [0.05, 0.1) is 0 Å². The van der Waals surface area contributed by atoms with Crippen LogP contribution in [0, 0.1) is 0 Å². The third kappa shape index (κ3) is 5.50. The van der Waals surface area contributed by atoms with Gasteiger partial charge in [-0.1, -0.05) is 140 Å². The second-order valence-corrected chi connectivity index (χ2v) is 12.6. The van der Waals surface area contributed by atoms with E-state index in [9.17, 15) is 0 Å². The van der Waals surface area contributed by atoms with Crippen molar-refractivity contribution in [2.24, 2.45) is 0 Å². The van der Waals surface area contributed by atoms with E-state index >= 15 is 0 Å². The number of halogens is 1. The highest BCUT2D eigenvalue weighted by molar-refractivity contribution is 6.28. The van der Waals surface area contributed by atoms with Gasteiger partial charge in [-0.3, -0.25) is 0 Å². The van der Waals surface area contributed by atoms with Crippen molar-refractivity contribution < 1.29 is 0 Å². The van der Waals surface area contributed by atoms with Crippen LogP contribution in [-0.4, -0.2) is 15.0 Å². The molecule has 0 spiro atoms. The minimum Gasteiger partial charge on any atom is -0.208 e. The van der Waals surface area contributed by atoms with Crippen LogP contribution < -0.4 is 0 Å². The first-order chi connectivity index (χ1) is 24.2. The summed E-state index contributed by atoms with van der Waals surface area (Å²) in [6, 6.07) is 59.7. The topological polar surface area (TPSA) is 38.7 Å². The number of nitrogens with zero attached hydrogens (tertiary/aromatic N) is 3. The molecule has 1 heterocycles. The predicted molar refractivity (Wildman–Crippen MR) is 205 cm³/mol. The molecule has 0 aliphatic heterocycles. The Labute approximate surface area is 289 Å². The molecule has 0 radical (unpaired) electrons. The van der Waals surface area contributed by atoms with Crippen LogP contribution in [0.15, 0.2) is 170 Å². The first-order valence-corrected chi connectivity index (χ1v) is 16.7. The molecule has 0 amide bonds. The Bertz CT molecular complexity index is 2680. The first kappa shape index (κ1) is 29.0. The fraction of sp³-hybridized carbons (Fsp3) is 0. The normalized spacial score (nSPS) is 11.4. The SMILES string of the molecule is Clc1nc(-c2cccc(-c3ccc4cc(-c5ccccc5)ccc4c3)c2)nc(-c2cccc(-c3cc4ccccc4c4ccccc34)c2)n1. The summed E-state index contributed by atoms with van der Waals surface area (Å²) in [7, 11) is 0. The van der Waals surface area contributed by atoms with Crippen LogP contribution in [0.3, 0.4) is 0 Å². The summed E-state index contributed by atoms with van der Waals surface area (Å²) in [6.07, 6.45) is 0. The Balaban J connectivity index is 1.07. The molecule has 4 heteroatoms. The number of aromatic nitrogens is 3. The number of hydrogen-bond acceptors (Lipinski definition) is 3. The highest BCUT2D eigenvalue weighted by atomic mass is 35.5. The molecule has 9 rings (SSSR count). The fourth-order valence-electron chi connectivity index (χ4n) is 6.80. The summed E-state index contributed by atoms with van der Waals surface area (Å²) >= 11 is 6.57. The van der Waals surface area contributed by atoms with Gasteiger partial charge < -0.3 is 0 Å². The minimum atomic E-state index is 0.159. The molecule has 0 fully saturated rings. The smallest absolute Gasteiger partial charge is 0.208 e. The Morgan fingerprint density at radius 2 is 0.816 bits per heavy atom. The Morgan fingerprint density at radius 1 is 0.306 bits per heavy atom. The molecule has 0 N–H and O–H groups in total. The van der Waals surface area contributed by atoms with Crippen LogP contribution in [0.2, 0.25) is 5.28 Å². The molecule has 0 saturated carbocycles. The number of benzene rings is 8. The Kier molecular flexibility index (Phi) is 7.18. The predicted octanol–water partition coefficient (Wildman–Crippen LogP) is 12.3. The van der Waals surface area contributed by atoms with Gasteiger partial charge in [0.25, 0.3) is 0 Å². The maximum atomic E-state index is 6.57. The summed E-state index contributed by atoms with van der Waals surface area (Å²) in [6.45, 7) is 0. The second-order valence-electron chi connectivity index (χ2n) is 12.2. The summed E-state index contributed by atoms with van der Waals surface area (Å²) in [5.74, 6) is 1.07. The van der Waals surface area contributed by atoms with Gasteiger partial charge in [-0.2, -0.15) is 9.97 Å². The van der Waals surface area contributed by atoms with E-state index in [1.54, 1.807) is 0 Å². The van der Waals surface area contributed by atoms with Crippen molar-refractivity contribution in [1.82, 2.24) is 15.0 Å². The van der Waals surface area contributed by atoms with Crippen molar-refractivity contribution in [1.29, 1.82) is 0 Å². The van der Waals surface area contributed by atoms with Gasteiger partial charge in [-0.25, -0.2) is 4.98 Å². The summed E-state index contributed by atoms with van der Waals surface area (Å²) < 4.78 is 0. The first-order valence-electron chi connectivity index (χ1n) is 16.3. The molecule has 8 aromatic carbocycles. The maximum absolute atomic E-state index is 6.57. The zero-order valence-corrected chi connectivity index (χ0v) is 27.1. The molecule has 0 saturated heterocycles. The maximum Gasteiger partial charge on any atom is 0.226 e. The molecule has 0 unspecified atom stereocenters. The van der Waals surface area contributed by atoms with Gasteiger partial charge in [-0.15, -0.1) is 0 Å². The summed E-state index contributed by atoms with van der Waals surface area (Å²) in [5.41, 5.74) is 8.63. The molecule has 0 aliphatic rings. The van der Waals surface area contributed by atoms with Crippen LogP contribution in [-0.2, 0) is 0 Å². The molecule has 230 valence electrons. The standard InChI is InChI=1S/C45H28ClN3/c46-45-48-43(37-15-8-13-30(26-37)32-22-23-33-24-31(20-21-34(33)25-32)29-10-2-1-3-11-29)47-44(49-45)38-16-9-14-35(27-38)42-28-36-12-4-5-17-39(36)40-18-6-7-19-41(40)42/h1-28H. The average Bonchev–Trinajstić information content (AvgIpc) is 3.17. The lowest BCUT2D eigenvalue weighted by atomic mass is 9.92. The monoisotopic (exact) mass is 645 g/mol. The van der Waals surface area contributed by atoms with E-state index in [1.165, 1.54) is 43.4 Å². The van der Waals surface area contributed by atoms with E-state index < -0.39 is 0 Å². The molecule has 0 bridgehead atoms. The van der Waals surface area contributed by atoms with Gasteiger partial charge in [0.15, 0.2) is 11.6 Å². The summed E-state index contributed by atoms with van der Waals surface area (Å²) in [4.78, 5) is 14.1. The molecule has 0 aliphatic carbocycles. The number of rotatable bonds is 5. The third-order valence-corrected chi connectivity index (χ3v) is 9.38. The van der Waals surface area contributed by atoms with Crippen molar-refractivity contribution in [3.8, 4) is 56.2 Å².